The second-order valence-electron chi connectivity index (χ2n) is 4.12. The van der Waals surface area contributed by atoms with Crippen molar-refractivity contribution in [3.63, 3.8) is 0 Å². The van der Waals surface area contributed by atoms with Gasteiger partial charge in [-0.15, -0.1) is 0 Å². The number of nitrogens with one attached hydrogen (secondary N) is 1. The Labute approximate surface area is 128 Å². The molecule has 0 spiro atoms. The predicted molar refractivity (Wildman–Crippen MR) is 81.0 cm³/mol. The molecule has 0 aliphatic carbocycles. The zero-order valence-electron chi connectivity index (χ0n) is 10.7. The van der Waals surface area contributed by atoms with E-state index in [-0.39, 0.29) is 15.9 Å². The summed E-state index contributed by atoms with van der Waals surface area (Å²) >= 11 is 3.04. The van der Waals surface area contributed by atoms with Gasteiger partial charge in [0.05, 0.1) is 10.0 Å². The van der Waals surface area contributed by atoms with E-state index in [9.17, 15) is 9.18 Å². The molecule has 1 amide bonds. The first-order valence-corrected chi connectivity index (χ1v) is 6.65. The monoisotopic (exact) mass is 351 g/mol. The fourth-order valence-corrected chi connectivity index (χ4v) is 2.14. The number of hydrogen-bond acceptors (Lipinski definition) is 3. The Morgan fingerprint density at radius 2 is 2.00 bits per heavy atom. The van der Waals surface area contributed by atoms with Crippen molar-refractivity contribution in [1.29, 1.82) is 0 Å². The van der Waals surface area contributed by atoms with E-state index in [2.05, 4.69) is 26.4 Å². The van der Waals surface area contributed by atoms with E-state index in [1.807, 2.05) is 0 Å². The first-order chi connectivity index (χ1) is 10.0. The number of hydrogen-bond donors (Lipinski definition) is 3. The van der Waals surface area contributed by atoms with E-state index < -0.39 is 11.7 Å². The topological polar surface area (TPSA) is 87.7 Å². The van der Waals surface area contributed by atoms with Gasteiger partial charge in [-0.2, -0.15) is 0 Å². The highest BCUT2D eigenvalue weighted by atomic mass is 79.9. The van der Waals surface area contributed by atoms with Crippen molar-refractivity contribution >= 4 is 33.4 Å². The van der Waals surface area contributed by atoms with Gasteiger partial charge in [-0.05, 0) is 40.2 Å². The molecular weight excluding hydrogens is 341 g/mol. The minimum Gasteiger partial charge on any atom is -0.409 e. The highest BCUT2D eigenvalue weighted by molar-refractivity contribution is 9.10. The summed E-state index contributed by atoms with van der Waals surface area (Å²) < 4.78 is 13.5. The zero-order valence-corrected chi connectivity index (χ0v) is 12.3. The third-order valence-electron chi connectivity index (χ3n) is 2.72. The molecule has 5 nitrogen and oxygen atoms in total. The van der Waals surface area contributed by atoms with Crippen LogP contribution >= 0.6 is 15.9 Å². The summed E-state index contributed by atoms with van der Waals surface area (Å²) in [6.45, 7) is 0. The molecule has 0 fully saturated rings. The molecule has 4 N–H and O–H groups in total. The minimum atomic E-state index is -0.520. The van der Waals surface area contributed by atoms with Gasteiger partial charge >= 0.3 is 0 Å². The van der Waals surface area contributed by atoms with Crippen molar-refractivity contribution in [3.8, 4) is 0 Å². The summed E-state index contributed by atoms with van der Waals surface area (Å²) in [6.07, 6.45) is 0. The quantitative estimate of drug-likeness (QED) is 0.344. The maximum Gasteiger partial charge on any atom is 0.256 e. The average molecular weight is 352 g/mol. The Morgan fingerprint density at radius 3 is 2.71 bits per heavy atom. The van der Waals surface area contributed by atoms with Crippen molar-refractivity contribution in [2.24, 2.45) is 10.9 Å². The van der Waals surface area contributed by atoms with Crippen molar-refractivity contribution < 1.29 is 14.4 Å². The summed E-state index contributed by atoms with van der Waals surface area (Å²) in [4.78, 5) is 12.1. The van der Waals surface area contributed by atoms with Gasteiger partial charge in [-0.3, -0.25) is 4.79 Å². The van der Waals surface area contributed by atoms with Crippen LogP contribution in [0.3, 0.4) is 0 Å². The number of halogens is 2. The molecule has 108 valence electrons. The van der Waals surface area contributed by atoms with E-state index in [1.165, 1.54) is 18.2 Å². The van der Waals surface area contributed by atoms with Crippen molar-refractivity contribution in [1.82, 2.24) is 0 Å². The van der Waals surface area contributed by atoms with E-state index >= 15 is 0 Å². The Hall–Kier alpha value is -2.41. The summed E-state index contributed by atoms with van der Waals surface area (Å²) in [5.41, 5.74) is 6.55. The summed E-state index contributed by atoms with van der Waals surface area (Å²) in [5, 5.41) is 14.1. The molecule has 0 aromatic heterocycles. The molecule has 0 unspecified atom stereocenters. The molecule has 0 saturated carbocycles. The number of amidine groups is 1. The molecule has 7 heteroatoms. The van der Waals surface area contributed by atoms with Crippen molar-refractivity contribution in [3.05, 3.63) is 63.9 Å². The number of rotatable bonds is 3. The van der Waals surface area contributed by atoms with Crippen LogP contribution in [0.15, 0.2) is 52.1 Å². The van der Waals surface area contributed by atoms with Crippen LogP contribution in [0.1, 0.15) is 15.9 Å². The van der Waals surface area contributed by atoms with Crippen LogP contribution in [-0.4, -0.2) is 17.0 Å². The number of carbonyl (C=O) groups excluding carboxylic acids is 1. The average Bonchev–Trinajstić information content (AvgIpc) is 2.49. The molecule has 2 aromatic carbocycles. The Kier molecular flexibility index (Phi) is 4.54. The number of anilines is 1. The van der Waals surface area contributed by atoms with E-state index in [1.54, 1.807) is 24.3 Å². The van der Waals surface area contributed by atoms with Crippen LogP contribution in [0.5, 0.6) is 0 Å². The maximum atomic E-state index is 13.4. The molecule has 21 heavy (non-hydrogen) atoms. The van der Waals surface area contributed by atoms with E-state index in [0.29, 0.717) is 11.3 Å². The van der Waals surface area contributed by atoms with E-state index in [4.69, 9.17) is 10.9 Å². The van der Waals surface area contributed by atoms with Crippen LogP contribution in [0.2, 0.25) is 0 Å². The SMILES string of the molecule is N/C(=N/O)c1cccc(NC(=O)c2cccc(F)c2Br)c1. The number of amides is 1. The normalized spacial score (nSPS) is 11.2. The summed E-state index contributed by atoms with van der Waals surface area (Å²) in [5.74, 6) is -1.07. The van der Waals surface area contributed by atoms with Crippen LogP contribution in [0.4, 0.5) is 10.1 Å². The zero-order chi connectivity index (χ0) is 15.4. The number of benzene rings is 2. The minimum absolute atomic E-state index is 0.0713. The van der Waals surface area contributed by atoms with Crippen LogP contribution in [0.25, 0.3) is 0 Å². The summed E-state index contributed by atoms with van der Waals surface area (Å²) in [6, 6.07) is 10.6. The third-order valence-corrected chi connectivity index (χ3v) is 3.53. The molecule has 0 aliphatic rings. The maximum absolute atomic E-state index is 13.4. The molecule has 0 atom stereocenters. The van der Waals surface area contributed by atoms with Gasteiger partial charge in [0.1, 0.15) is 5.82 Å². The second kappa shape index (κ2) is 6.36. The Bertz CT molecular complexity index is 719. The van der Waals surface area contributed by atoms with Gasteiger partial charge in [-0.1, -0.05) is 23.4 Å². The Balaban J connectivity index is 2.26. The number of oxime groups is 1. The van der Waals surface area contributed by atoms with Gasteiger partial charge in [0.15, 0.2) is 5.84 Å². The first-order valence-electron chi connectivity index (χ1n) is 5.86. The predicted octanol–water partition coefficient (Wildman–Crippen LogP) is 2.94. The first kappa shape index (κ1) is 15.0. The lowest BCUT2D eigenvalue weighted by molar-refractivity contribution is 0.102. The van der Waals surface area contributed by atoms with Gasteiger partial charge in [-0.25, -0.2) is 4.39 Å². The smallest absolute Gasteiger partial charge is 0.256 e. The van der Waals surface area contributed by atoms with Gasteiger partial charge in [0.25, 0.3) is 5.91 Å². The molecule has 2 rings (SSSR count). The highest BCUT2D eigenvalue weighted by Crippen LogP contribution is 2.21. The lowest BCUT2D eigenvalue weighted by Gasteiger charge is -2.08. The highest BCUT2D eigenvalue weighted by Gasteiger charge is 2.13. The largest absolute Gasteiger partial charge is 0.409 e. The van der Waals surface area contributed by atoms with Crippen molar-refractivity contribution in [2.45, 2.75) is 0 Å². The molecule has 0 radical (unpaired) electrons. The fraction of sp³-hybridized carbons (Fsp3) is 0. The van der Waals surface area contributed by atoms with Crippen LogP contribution < -0.4 is 11.1 Å². The fourth-order valence-electron chi connectivity index (χ4n) is 1.69. The molecule has 0 aliphatic heterocycles. The van der Waals surface area contributed by atoms with E-state index in [0.717, 1.165) is 0 Å². The van der Waals surface area contributed by atoms with Gasteiger partial charge in [0.2, 0.25) is 0 Å². The van der Waals surface area contributed by atoms with Gasteiger partial charge in [0, 0.05) is 11.3 Å². The molecule has 0 saturated heterocycles. The van der Waals surface area contributed by atoms with Crippen molar-refractivity contribution in [2.75, 3.05) is 5.32 Å². The number of nitrogens with zero attached hydrogens (tertiary/aromatic N) is 1. The standard InChI is InChI=1S/C14H11BrFN3O2/c15-12-10(5-2-6-11(12)16)14(20)18-9-4-1-3-8(7-9)13(17)19-21/h1-7,21H,(H2,17,19)(H,18,20). The lowest BCUT2D eigenvalue weighted by Crippen LogP contribution is -2.16. The molecule has 0 heterocycles. The molecular formula is C14H11BrFN3O2. The third kappa shape index (κ3) is 3.38. The summed E-state index contributed by atoms with van der Waals surface area (Å²) in [7, 11) is 0. The van der Waals surface area contributed by atoms with Crippen LogP contribution in [0, 0.1) is 5.82 Å². The lowest BCUT2D eigenvalue weighted by atomic mass is 10.1. The number of nitrogens with two attached hydrogens (primary N) is 1. The molecule has 0 bridgehead atoms. The second-order valence-corrected chi connectivity index (χ2v) is 4.91. The van der Waals surface area contributed by atoms with Gasteiger partial charge < -0.3 is 16.3 Å². The Morgan fingerprint density at radius 1 is 1.29 bits per heavy atom. The van der Waals surface area contributed by atoms with Crippen LogP contribution in [-0.2, 0) is 0 Å². The molecule has 2 aromatic rings. The number of carbonyl (C=O) groups is 1.